The zero-order valence-corrected chi connectivity index (χ0v) is 18.8. The van der Waals surface area contributed by atoms with Crippen molar-refractivity contribution in [2.24, 2.45) is 34.5 Å². The number of carbonyl (C=O) groups excluding carboxylic acids is 3. The number of nitrogens with zero attached hydrogens (tertiary/aromatic N) is 1. The minimum atomic E-state index is -0.660. The van der Waals surface area contributed by atoms with Crippen molar-refractivity contribution in [2.45, 2.75) is 58.4 Å². The fourth-order valence-corrected chi connectivity index (χ4v) is 7.69. The van der Waals surface area contributed by atoms with Crippen molar-refractivity contribution in [1.82, 2.24) is 10.4 Å². The summed E-state index contributed by atoms with van der Waals surface area (Å²) in [4.78, 5) is 37.9. The average molecular weight is 437 g/mol. The van der Waals surface area contributed by atoms with Gasteiger partial charge in [0.05, 0.1) is 0 Å². The van der Waals surface area contributed by atoms with Crippen LogP contribution in [0.15, 0.2) is 42.5 Å². The lowest BCUT2D eigenvalue weighted by molar-refractivity contribution is -0.165. The molecule has 0 radical (unpaired) electrons. The van der Waals surface area contributed by atoms with E-state index in [9.17, 15) is 19.6 Å². The molecule has 7 atom stereocenters. The standard InChI is InChI=1S/C26H32N2O4/c1-25-14-12-19-17(8-11-21-26(19,2)15-13-22(29)27-21)18(25)9-10-20(25)24(31)28(32)23(30)16-6-4-3-5-7-16/h3-7,13,15,17-21,32H,8-12,14H2,1-2H3,(H,27,29)/t17-,18-,19+,20?,21?,25-,26+/m0/s1. The molecule has 0 spiro atoms. The van der Waals surface area contributed by atoms with E-state index in [0.717, 1.165) is 32.1 Å². The molecule has 0 aromatic heterocycles. The Kier molecular flexibility index (Phi) is 5.04. The van der Waals surface area contributed by atoms with Crippen molar-refractivity contribution in [2.75, 3.05) is 0 Å². The second kappa shape index (κ2) is 7.55. The predicted molar refractivity (Wildman–Crippen MR) is 118 cm³/mol. The van der Waals surface area contributed by atoms with Crippen LogP contribution in [0.2, 0.25) is 0 Å². The molecule has 3 amide bonds. The lowest BCUT2D eigenvalue weighted by Gasteiger charge is -2.58. The van der Waals surface area contributed by atoms with E-state index in [0.29, 0.717) is 34.8 Å². The lowest BCUT2D eigenvalue weighted by atomic mass is 9.48. The van der Waals surface area contributed by atoms with E-state index >= 15 is 0 Å². The molecule has 1 aromatic rings. The number of imide groups is 1. The molecule has 32 heavy (non-hydrogen) atoms. The van der Waals surface area contributed by atoms with Gasteiger partial charge in [-0.25, -0.2) is 0 Å². The van der Waals surface area contributed by atoms with Gasteiger partial charge in [-0.1, -0.05) is 38.1 Å². The van der Waals surface area contributed by atoms with Gasteiger partial charge in [-0.05, 0) is 79.9 Å². The van der Waals surface area contributed by atoms with E-state index in [2.05, 4.69) is 25.2 Å². The van der Waals surface area contributed by atoms with Crippen LogP contribution in [0.5, 0.6) is 0 Å². The minimum absolute atomic E-state index is 0.00391. The Hall–Kier alpha value is -2.47. The van der Waals surface area contributed by atoms with E-state index in [-0.39, 0.29) is 28.7 Å². The first-order valence-corrected chi connectivity index (χ1v) is 11.9. The molecule has 3 saturated carbocycles. The summed E-state index contributed by atoms with van der Waals surface area (Å²) in [6.45, 7) is 4.47. The molecule has 0 saturated heterocycles. The molecule has 4 aliphatic rings. The number of hydrogen-bond donors (Lipinski definition) is 2. The molecule has 2 unspecified atom stereocenters. The van der Waals surface area contributed by atoms with Crippen LogP contribution in [-0.2, 0) is 9.59 Å². The number of amides is 3. The SMILES string of the molecule is C[C@]12C=CC(=O)NC1CC[C@@H]1[C@H]2CC[C@]2(C)C(C(=O)N(O)C(=O)c3ccccc3)CC[C@@H]12. The number of rotatable bonds is 2. The van der Waals surface area contributed by atoms with Crippen LogP contribution in [0.25, 0.3) is 0 Å². The predicted octanol–water partition coefficient (Wildman–Crippen LogP) is 3.96. The summed E-state index contributed by atoms with van der Waals surface area (Å²) in [6.07, 6.45) is 9.35. The van der Waals surface area contributed by atoms with Crippen molar-refractivity contribution in [1.29, 1.82) is 0 Å². The first kappa shape index (κ1) is 21.4. The summed E-state index contributed by atoms with van der Waals surface area (Å²) in [6, 6.07) is 8.64. The maximum absolute atomic E-state index is 13.3. The summed E-state index contributed by atoms with van der Waals surface area (Å²) in [7, 11) is 0. The molecule has 6 nitrogen and oxygen atoms in total. The van der Waals surface area contributed by atoms with Crippen LogP contribution < -0.4 is 5.32 Å². The van der Waals surface area contributed by atoms with Gasteiger partial charge in [0.1, 0.15) is 0 Å². The second-order valence-electron chi connectivity index (χ2n) is 10.7. The molecule has 2 N–H and O–H groups in total. The molecule has 3 fully saturated rings. The van der Waals surface area contributed by atoms with Gasteiger partial charge in [0, 0.05) is 22.9 Å². The van der Waals surface area contributed by atoms with Crippen LogP contribution in [0.4, 0.5) is 0 Å². The van der Waals surface area contributed by atoms with Crippen molar-refractivity contribution in [3.05, 3.63) is 48.0 Å². The van der Waals surface area contributed by atoms with Crippen LogP contribution in [0.1, 0.15) is 62.7 Å². The van der Waals surface area contributed by atoms with Crippen LogP contribution in [0, 0.1) is 34.5 Å². The van der Waals surface area contributed by atoms with Crippen molar-refractivity contribution < 1.29 is 19.6 Å². The molecular weight excluding hydrogens is 404 g/mol. The van der Waals surface area contributed by atoms with Crippen molar-refractivity contribution in [3.63, 3.8) is 0 Å². The Morgan fingerprint density at radius 2 is 1.78 bits per heavy atom. The van der Waals surface area contributed by atoms with Crippen molar-refractivity contribution >= 4 is 17.7 Å². The summed E-state index contributed by atoms with van der Waals surface area (Å²) in [5, 5.41) is 14.1. The second-order valence-corrected chi connectivity index (χ2v) is 10.7. The quantitative estimate of drug-likeness (QED) is 0.417. The Balaban J connectivity index is 1.37. The van der Waals surface area contributed by atoms with Crippen molar-refractivity contribution in [3.8, 4) is 0 Å². The van der Waals surface area contributed by atoms with Crippen LogP contribution in [-0.4, -0.2) is 34.0 Å². The maximum Gasteiger partial charge on any atom is 0.284 e. The highest BCUT2D eigenvalue weighted by molar-refractivity contribution is 6.04. The van der Waals surface area contributed by atoms with Gasteiger partial charge >= 0.3 is 0 Å². The first-order valence-electron chi connectivity index (χ1n) is 11.9. The number of benzene rings is 1. The van der Waals surface area contributed by atoms with E-state index in [4.69, 9.17) is 0 Å². The number of hydrogen-bond acceptors (Lipinski definition) is 4. The largest absolute Gasteiger partial charge is 0.349 e. The first-order chi connectivity index (χ1) is 15.3. The van der Waals surface area contributed by atoms with Gasteiger partial charge in [0.15, 0.2) is 0 Å². The summed E-state index contributed by atoms with van der Waals surface area (Å²) in [5.41, 5.74) is 0.0391. The monoisotopic (exact) mass is 436 g/mol. The van der Waals surface area contributed by atoms with Gasteiger partial charge in [0.25, 0.3) is 11.8 Å². The maximum atomic E-state index is 13.3. The normalized spacial score (nSPS) is 40.0. The molecule has 6 heteroatoms. The smallest absolute Gasteiger partial charge is 0.284 e. The third-order valence-corrected chi connectivity index (χ3v) is 9.41. The van der Waals surface area contributed by atoms with Crippen LogP contribution >= 0.6 is 0 Å². The molecule has 3 aliphatic carbocycles. The zero-order chi connectivity index (χ0) is 22.7. The van der Waals surface area contributed by atoms with Gasteiger partial charge in [-0.3, -0.25) is 19.6 Å². The molecule has 1 heterocycles. The molecule has 1 aromatic carbocycles. The fraction of sp³-hybridized carbons (Fsp3) is 0.577. The molecular formula is C26H32N2O4. The summed E-state index contributed by atoms with van der Waals surface area (Å²) in [5.74, 6) is -0.119. The number of fused-ring (bicyclic) bond motifs is 5. The number of carbonyl (C=O) groups is 3. The third-order valence-electron chi connectivity index (χ3n) is 9.41. The van der Waals surface area contributed by atoms with E-state index in [1.54, 1.807) is 36.4 Å². The van der Waals surface area contributed by atoms with Gasteiger partial charge in [-0.15, -0.1) is 0 Å². The van der Waals surface area contributed by atoms with Crippen LogP contribution in [0.3, 0.4) is 0 Å². The topological polar surface area (TPSA) is 86.7 Å². The highest BCUT2D eigenvalue weighted by atomic mass is 16.5. The summed E-state index contributed by atoms with van der Waals surface area (Å²) < 4.78 is 0. The van der Waals surface area contributed by atoms with Gasteiger partial charge in [-0.2, -0.15) is 5.06 Å². The zero-order valence-electron chi connectivity index (χ0n) is 18.8. The lowest BCUT2D eigenvalue weighted by Crippen LogP contribution is -2.59. The number of hydroxylamine groups is 2. The average Bonchev–Trinajstić information content (AvgIpc) is 3.16. The van der Waals surface area contributed by atoms with E-state index in [1.807, 2.05) is 0 Å². The molecule has 170 valence electrons. The van der Waals surface area contributed by atoms with Gasteiger partial charge in [0.2, 0.25) is 5.91 Å². The Morgan fingerprint density at radius 1 is 1.03 bits per heavy atom. The Labute approximate surface area is 189 Å². The fourth-order valence-electron chi connectivity index (χ4n) is 7.69. The van der Waals surface area contributed by atoms with E-state index in [1.165, 1.54) is 0 Å². The highest BCUT2D eigenvalue weighted by Gasteiger charge is 2.61. The Morgan fingerprint density at radius 3 is 2.53 bits per heavy atom. The van der Waals surface area contributed by atoms with Gasteiger partial charge < -0.3 is 5.32 Å². The summed E-state index contributed by atoms with van der Waals surface area (Å²) >= 11 is 0. The molecule has 5 rings (SSSR count). The molecule has 0 bridgehead atoms. The minimum Gasteiger partial charge on any atom is -0.349 e. The highest BCUT2D eigenvalue weighted by Crippen LogP contribution is 2.65. The Bertz CT molecular complexity index is 975. The molecule has 1 aliphatic heterocycles. The number of nitrogens with one attached hydrogen (secondary N) is 1. The third kappa shape index (κ3) is 3.06. The van der Waals surface area contributed by atoms with E-state index < -0.39 is 11.8 Å².